The van der Waals surface area contributed by atoms with Crippen LogP contribution in [0.15, 0.2) is 48.5 Å². The normalized spacial score (nSPS) is 27.5. The van der Waals surface area contributed by atoms with Gasteiger partial charge in [-0.3, -0.25) is 4.79 Å². The Balaban J connectivity index is 1.42. The smallest absolute Gasteiger partial charge is 0.193 e. The molecule has 4 heteroatoms. The van der Waals surface area contributed by atoms with Crippen LogP contribution < -0.4 is 0 Å². The van der Waals surface area contributed by atoms with Crippen LogP contribution in [0.4, 0.5) is 0 Å². The molecule has 4 rings (SSSR count). The van der Waals surface area contributed by atoms with Gasteiger partial charge in [0.05, 0.1) is 19.3 Å². The highest BCUT2D eigenvalue weighted by atomic mass is 16.6. The van der Waals surface area contributed by atoms with Gasteiger partial charge in [-0.2, -0.15) is 0 Å². The van der Waals surface area contributed by atoms with Crippen LogP contribution in [0, 0.1) is 12.8 Å². The minimum Gasteiger partial charge on any atom is -0.376 e. The van der Waals surface area contributed by atoms with Gasteiger partial charge in [0.15, 0.2) is 5.78 Å². The van der Waals surface area contributed by atoms with E-state index in [1.54, 1.807) is 7.11 Å². The van der Waals surface area contributed by atoms with Crippen LogP contribution in [0.5, 0.6) is 0 Å². The largest absolute Gasteiger partial charge is 0.376 e. The number of ether oxygens (including phenoxy) is 3. The molecular formula is C22H24O4. The highest BCUT2D eigenvalue weighted by Gasteiger charge is 2.47. The fourth-order valence-corrected chi connectivity index (χ4v) is 3.89. The minimum absolute atomic E-state index is 0.0412. The molecule has 26 heavy (non-hydrogen) atoms. The molecule has 0 bridgehead atoms. The van der Waals surface area contributed by atoms with E-state index < -0.39 is 0 Å². The molecule has 4 nitrogen and oxygen atoms in total. The summed E-state index contributed by atoms with van der Waals surface area (Å²) in [7, 11) is 1.71. The quantitative estimate of drug-likeness (QED) is 0.775. The Labute approximate surface area is 154 Å². The number of aryl methyl sites for hydroxylation is 1. The number of hydrogen-bond donors (Lipinski definition) is 0. The van der Waals surface area contributed by atoms with Crippen molar-refractivity contribution in [3.8, 4) is 0 Å². The Morgan fingerprint density at radius 2 is 1.58 bits per heavy atom. The monoisotopic (exact) mass is 352 g/mol. The van der Waals surface area contributed by atoms with Crippen molar-refractivity contribution in [3.63, 3.8) is 0 Å². The van der Waals surface area contributed by atoms with Crippen molar-refractivity contribution < 1.29 is 19.0 Å². The van der Waals surface area contributed by atoms with Crippen molar-refractivity contribution in [2.24, 2.45) is 5.92 Å². The van der Waals surface area contributed by atoms with Gasteiger partial charge in [-0.15, -0.1) is 0 Å². The first-order chi connectivity index (χ1) is 12.7. The lowest BCUT2D eigenvalue weighted by Crippen LogP contribution is -2.30. The zero-order valence-electron chi connectivity index (χ0n) is 15.2. The van der Waals surface area contributed by atoms with Gasteiger partial charge >= 0.3 is 0 Å². The molecular weight excluding hydrogens is 328 g/mol. The van der Waals surface area contributed by atoms with Gasteiger partial charge in [-0.05, 0) is 18.9 Å². The van der Waals surface area contributed by atoms with Crippen LogP contribution in [-0.2, 0) is 20.6 Å². The lowest BCUT2D eigenvalue weighted by molar-refractivity contribution is -0.00915. The molecule has 0 aromatic heterocycles. The van der Waals surface area contributed by atoms with Crippen molar-refractivity contribution >= 4 is 5.78 Å². The number of benzene rings is 2. The lowest BCUT2D eigenvalue weighted by Gasteiger charge is -2.16. The molecule has 0 N–H and O–H groups in total. The standard InChI is InChI=1S/C22H24O4/c1-14-3-7-16(8-4-14)20(23)17-9-5-15(6-10-17)11-18-12-25-22-19(24-2)13-26-21(18)22/h3-10,18-19,21-22H,11-13H2,1-2H3/t18?,19-,21-,22-/m1/s1. The van der Waals surface area contributed by atoms with E-state index in [1.165, 1.54) is 5.56 Å². The van der Waals surface area contributed by atoms with E-state index in [1.807, 2.05) is 55.5 Å². The maximum Gasteiger partial charge on any atom is 0.193 e. The summed E-state index contributed by atoms with van der Waals surface area (Å²) in [5.41, 5.74) is 3.79. The van der Waals surface area contributed by atoms with E-state index in [4.69, 9.17) is 14.2 Å². The Bertz CT molecular complexity index is 766. The predicted octanol–water partition coefficient (Wildman–Crippen LogP) is 3.20. The Morgan fingerprint density at radius 1 is 0.962 bits per heavy atom. The topological polar surface area (TPSA) is 44.8 Å². The molecule has 4 atom stereocenters. The van der Waals surface area contributed by atoms with Crippen LogP contribution in [0.25, 0.3) is 0 Å². The van der Waals surface area contributed by atoms with Crippen molar-refractivity contribution in [2.45, 2.75) is 31.7 Å². The summed E-state index contributed by atoms with van der Waals surface area (Å²) in [5.74, 6) is 0.390. The minimum atomic E-state index is 0.0412. The van der Waals surface area contributed by atoms with Gasteiger partial charge < -0.3 is 14.2 Å². The molecule has 2 heterocycles. The number of hydrogen-bond acceptors (Lipinski definition) is 4. The number of rotatable bonds is 5. The third-order valence-electron chi connectivity index (χ3n) is 5.44. The molecule has 2 aliphatic rings. The summed E-state index contributed by atoms with van der Waals surface area (Å²) in [6.07, 6.45) is 1.08. The lowest BCUT2D eigenvalue weighted by atomic mass is 9.92. The summed E-state index contributed by atoms with van der Waals surface area (Å²) in [4.78, 5) is 12.6. The number of carbonyl (C=O) groups is 1. The first-order valence-corrected chi connectivity index (χ1v) is 9.12. The second-order valence-corrected chi connectivity index (χ2v) is 7.23. The molecule has 2 aliphatic heterocycles. The highest BCUT2D eigenvalue weighted by molar-refractivity contribution is 6.08. The van der Waals surface area contributed by atoms with E-state index in [0.717, 1.165) is 23.1 Å². The van der Waals surface area contributed by atoms with Crippen molar-refractivity contribution in [3.05, 3.63) is 70.8 Å². The summed E-state index contributed by atoms with van der Waals surface area (Å²) in [6.45, 7) is 3.31. The van der Waals surface area contributed by atoms with Crippen LogP contribution in [0.1, 0.15) is 27.0 Å². The van der Waals surface area contributed by atoms with E-state index in [9.17, 15) is 4.79 Å². The van der Waals surface area contributed by atoms with Crippen LogP contribution in [0.3, 0.4) is 0 Å². The van der Waals surface area contributed by atoms with E-state index >= 15 is 0 Å². The van der Waals surface area contributed by atoms with Gasteiger partial charge in [-0.1, -0.05) is 54.1 Å². The fourth-order valence-electron chi connectivity index (χ4n) is 3.89. The van der Waals surface area contributed by atoms with Crippen molar-refractivity contribution in [2.75, 3.05) is 20.3 Å². The molecule has 0 aliphatic carbocycles. The van der Waals surface area contributed by atoms with Gasteiger partial charge in [0, 0.05) is 24.2 Å². The molecule has 136 valence electrons. The molecule has 0 radical (unpaired) electrons. The predicted molar refractivity (Wildman–Crippen MR) is 98.5 cm³/mol. The van der Waals surface area contributed by atoms with Crippen LogP contribution in [0.2, 0.25) is 0 Å². The maximum absolute atomic E-state index is 12.6. The SMILES string of the molecule is CO[C@@H]1CO[C@@H]2C(Cc3ccc(C(=O)c4ccc(C)cc4)cc3)CO[C@@H]21. The van der Waals surface area contributed by atoms with Crippen molar-refractivity contribution in [1.82, 2.24) is 0 Å². The third-order valence-corrected chi connectivity index (χ3v) is 5.44. The molecule has 2 aromatic carbocycles. The van der Waals surface area contributed by atoms with E-state index in [0.29, 0.717) is 19.1 Å². The molecule has 2 saturated heterocycles. The molecule has 2 aromatic rings. The van der Waals surface area contributed by atoms with Gasteiger partial charge in [-0.25, -0.2) is 0 Å². The summed E-state index contributed by atoms with van der Waals surface area (Å²) < 4.78 is 17.2. The zero-order valence-corrected chi connectivity index (χ0v) is 15.2. The second-order valence-electron chi connectivity index (χ2n) is 7.23. The second kappa shape index (κ2) is 7.31. The number of methoxy groups -OCH3 is 1. The molecule has 2 fully saturated rings. The van der Waals surface area contributed by atoms with Crippen LogP contribution >= 0.6 is 0 Å². The van der Waals surface area contributed by atoms with Crippen LogP contribution in [-0.4, -0.2) is 44.4 Å². The Hall–Kier alpha value is -2.01. The van der Waals surface area contributed by atoms with Crippen molar-refractivity contribution in [1.29, 1.82) is 0 Å². The first kappa shape index (κ1) is 17.4. The van der Waals surface area contributed by atoms with Gasteiger partial charge in [0.1, 0.15) is 12.2 Å². The van der Waals surface area contributed by atoms with E-state index in [2.05, 4.69) is 0 Å². The van der Waals surface area contributed by atoms with Gasteiger partial charge in [0.25, 0.3) is 0 Å². The Kier molecular flexibility index (Phi) is 4.90. The zero-order chi connectivity index (χ0) is 18.1. The van der Waals surface area contributed by atoms with Gasteiger partial charge in [0.2, 0.25) is 0 Å². The summed E-state index contributed by atoms with van der Waals surface area (Å²) >= 11 is 0. The van der Waals surface area contributed by atoms with E-state index in [-0.39, 0.29) is 24.1 Å². The molecule has 0 spiro atoms. The third kappa shape index (κ3) is 3.32. The molecule has 0 amide bonds. The number of fused-ring (bicyclic) bond motifs is 1. The molecule has 1 unspecified atom stereocenters. The Morgan fingerprint density at radius 3 is 2.23 bits per heavy atom. The number of carbonyl (C=O) groups excluding carboxylic acids is 1. The maximum atomic E-state index is 12.6. The average Bonchev–Trinajstić information content (AvgIpc) is 3.25. The molecule has 0 saturated carbocycles. The highest BCUT2D eigenvalue weighted by Crippen LogP contribution is 2.34. The first-order valence-electron chi connectivity index (χ1n) is 9.12. The fraction of sp³-hybridized carbons (Fsp3) is 0.409. The number of ketones is 1. The summed E-state index contributed by atoms with van der Waals surface area (Å²) in [6, 6.07) is 15.6. The summed E-state index contributed by atoms with van der Waals surface area (Å²) in [5, 5.41) is 0. The average molecular weight is 352 g/mol.